The molecular weight excluding hydrogens is 339 g/mol. The van der Waals surface area contributed by atoms with E-state index in [-0.39, 0.29) is 37.7 Å². The molecule has 0 N–H and O–H groups in total. The lowest BCUT2D eigenvalue weighted by molar-refractivity contribution is 0.0248. The largest absolute Gasteiger partial charge is 0.338 e. The van der Waals surface area contributed by atoms with E-state index in [9.17, 15) is 4.79 Å². The molecule has 0 unspecified atom stereocenters. The number of aryl methyl sites for hydroxylation is 1. The molecule has 0 atom stereocenters. The molecule has 1 aliphatic rings. The Hall–Kier alpha value is -3.10. The first kappa shape index (κ1) is 16.4. The number of rotatable bonds is 3. The van der Waals surface area contributed by atoms with Gasteiger partial charge in [0.25, 0.3) is 11.8 Å². The highest BCUT2D eigenvalue weighted by molar-refractivity contribution is 5.93. The van der Waals surface area contributed by atoms with Crippen LogP contribution in [0.4, 0.5) is 4.39 Å². The van der Waals surface area contributed by atoms with Crippen LogP contribution in [0.2, 0.25) is 0 Å². The maximum Gasteiger partial charge on any atom is 0.264 e. The highest BCUT2D eigenvalue weighted by Crippen LogP contribution is 2.37. The van der Waals surface area contributed by atoms with Crippen molar-refractivity contribution in [2.75, 3.05) is 13.1 Å². The van der Waals surface area contributed by atoms with Gasteiger partial charge in [0.15, 0.2) is 5.67 Å². The number of carbonyl (C=O) groups is 1. The summed E-state index contributed by atoms with van der Waals surface area (Å²) in [6, 6.07) is 3.46. The van der Waals surface area contributed by atoms with E-state index >= 15 is 4.39 Å². The minimum atomic E-state index is -1.73. The van der Waals surface area contributed by atoms with Crippen LogP contribution in [-0.4, -0.2) is 48.8 Å². The molecule has 0 radical (unpaired) electrons. The molecule has 0 saturated carbocycles. The fraction of sp³-hybridized carbons (Fsp3) is 0.353. The Balaban J connectivity index is 1.46. The van der Waals surface area contributed by atoms with E-state index in [2.05, 4.69) is 20.2 Å². The molecular formula is C17H17FN6O2. The van der Waals surface area contributed by atoms with Gasteiger partial charge in [0, 0.05) is 57.1 Å². The summed E-state index contributed by atoms with van der Waals surface area (Å²) in [5.41, 5.74) is -0.524. The summed E-state index contributed by atoms with van der Waals surface area (Å²) >= 11 is 0. The second-order valence-electron chi connectivity index (χ2n) is 6.32. The Labute approximate surface area is 148 Å². The zero-order valence-corrected chi connectivity index (χ0v) is 14.2. The number of piperidine rings is 1. The molecule has 26 heavy (non-hydrogen) atoms. The maximum absolute atomic E-state index is 15.3. The van der Waals surface area contributed by atoms with Gasteiger partial charge in [0.05, 0.1) is 11.8 Å². The number of hydrogen-bond donors (Lipinski definition) is 0. The van der Waals surface area contributed by atoms with Gasteiger partial charge in [0.2, 0.25) is 5.82 Å². The van der Waals surface area contributed by atoms with E-state index < -0.39 is 5.67 Å². The molecule has 1 aliphatic heterocycles. The number of pyridine rings is 1. The van der Waals surface area contributed by atoms with Crippen molar-refractivity contribution in [1.82, 2.24) is 29.8 Å². The summed E-state index contributed by atoms with van der Waals surface area (Å²) in [5, 5.41) is 7.86. The Morgan fingerprint density at radius 2 is 2.00 bits per heavy atom. The molecule has 3 aromatic heterocycles. The Morgan fingerprint density at radius 1 is 1.27 bits per heavy atom. The molecule has 1 fully saturated rings. The zero-order chi connectivity index (χ0) is 18.1. The molecule has 4 rings (SSSR count). The van der Waals surface area contributed by atoms with Crippen molar-refractivity contribution < 1.29 is 13.7 Å². The summed E-state index contributed by atoms with van der Waals surface area (Å²) < 4.78 is 22.1. The molecule has 1 saturated heterocycles. The number of nitrogens with zero attached hydrogens (tertiary/aromatic N) is 6. The van der Waals surface area contributed by atoms with Gasteiger partial charge in [-0.2, -0.15) is 10.1 Å². The standard InChI is InChI=1S/C17H17FN6O2/c1-23-11-13(10-20-23)15(25)24-8-4-17(18,5-9-24)16-21-14(22-26-16)12-2-6-19-7-3-12/h2-3,6-7,10-11H,4-5,8-9H2,1H3. The van der Waals surface area contributed by atoms with Crippen molar-refractivity contribution in [2.24, 2.45) is 7.05 Å². The lowest BCUT2D eigenvalue weighted by Gasteiger charge is -2.33. The summed E-state index contributed by atoms with van der Waals surface area (Å²) in [6.07, 6.45) is 6.60. The quantitative estimate of drug-likeness (QED) is 0.713. The number of amides is 1. The molecule has 9 heteroatoms. The fourth-order valence-electron chi connectivity index (χ4n) is 3.02. The molecule has 0 aliphatic carbocycles. The third-order valence-corrected chi connectivity index (χ3v) is 4.54. The van der Waals surface area contributed by atoms with Gasteiger partial charge < -0.3 is 9.42 Å². The van der Waals surface area contributed by atoms with Gasteiger partial charge in [0.1, 0.15) is 0 Å². The van der Waals surface area contributed by atoms with Gasteiger partial charge in [-0.1, -0.05) is 5.16 Å². The smallest absolute Gasteiger partial charge is 0.264 e. The van der Waals surface area contributed by atoms with E-state index in [1.165, 1.54) is 6.20 Å². The summed E-state index contributed by atoms with van der Waals surface area (Å²) in [5.74, 6) is 0.134. The first-order valence-corrected chi connectivity index (χ1v) is 8.27. The fourth-order valence-corrected chi connectivity index (χ4v) is 3.02. The number of carbonyl (C=O) groups excluding carboxylic acids is 1. The van der Waals surface area contributed by atoms with Crippen LogP contribution in [0.5, 0.6) is 0 Å². The number of alkyl halides is 1. The summed E-state index contributed by atoms with van der Waals surface area (Å²) in [4.78, 5) is 22.2. The van der Waals surface area contributed by atoms with Crippen molar-refractivity contribution in [2.45, 2.75) is 18.5 Å². The van der Waals surface area contributed by atoms with Crippen molar-refractivity contribution in [3.05, 3.63) is 48.4 Å². The monoisotopic (exact) mass is 356 g/mol. The number of likely N-dealkylation sites (tertiary alicyclic amines) is 1. The topological polar surface area (TPSA) is 89.9 Å². The molecule has 0 bridgehead atoms. The molecule has 8 nitrogen and oxygen atoms in total. The first-order chi connectivity index (χ1) is 12.5. The van der Waals surface area contributed by atoms with E-state index in [0.717, 1.165) is 0 Å². The Morgan fingerprint density at radius 3 is 2.65 bits per heavy atom. The normalized spacial score (nSPS) is 16.6. The maximum atomic E-state index is 15.3. The van der Waals surface area contributed by atoms with E-state index in [1.807, 2.05) is 0 Å². The van der Waals surface area contributed by atoms with Gasteiger partial charge in [-0.05, 0) is 12.1 Å². The lowest BCUT2D eigenvalue weighted by atomic mass is 9.93. The molecule has 0 aromatic carbocycles. The third kappa shape index (κ3) is 2.96. The SMILES string of the molecule is Cn1cc(C(=O)N2CCC(F)(c3nc(-c4ccncc4)no3)CC2)cn1. The van der Waals surface area contributed by atoms with Crippen molar-refractivity contribution in [3.63, 3.8) is 0 Å². The van der Waals surface area contributed by atoms with E-state index in [4.69, 9.17) is 4.52 Å². The van der Waals surface area contributed by atoms with E-state index in [1.54, 1.807) is 47.4 Å². The van der Waals surface area contributed by atoms with Gasteiger partial charge in [-0.15, -0.1) is 0 Å². The minimum absolute atomic E-state index is 0.0437. The molecule has 134 valence electrons. The number of aromatic nitrogens is 5. The number of hydrogen-bond acceptors (Lipinski definition) is 6. The Bertz CT molecular complexity index is 914. The van der Waals surface area contributed by atoms with Crippen LogP contribution in [-0.2, 0) is 12.7 Å². The van der Waals surface area contributed by atoms with Crippen molar-refractivity contribution in [1.29, 1.82) is 0 Å². The van der Waals surface area contributed by atoms with Crippen LogP contribution >= 0.6 is 0 Å². The average molecular weight is 356 g/mol. The summed E-state index contributed by atoms with van der Waals surface area (Å²) in [6.45, 7) is 0.550. The second kappa shape index (κ2) is 6.32. The predicted octanol–water partition coefficient (Wildman–Crippen LogP) is 1.97. The second-order valence-corrected chi connectivity index (χ2v) is 6.32. The van der Waals surface area contributed by atoms with Gasteiger partial charge >= 0.3 is 0 Å². The van der Waals surface area contributed by atoms with Crippen LogP contribution in [0.15, 0.2) is 41.4 Å². The zero-order valence-electron chi connectivity index (χ0n) is 14.2. The van der Waals surface area contributed by atoms with Crippen LogP contribution in [0.1, 0.15) is 29.1 Å². The van der Waals surface area contributed by atoms with Crippen molar-refractivity contribution in [3.8, 4) is 11.4 Å². The van der Waals surface area contributed by atoms with Crippen LogP contribution in [0.25, 0.3) is 11.4 Å². The molecule has 4 heterocycles. The highest BCUT2D eigenvalue weighted by atomic mass is 19.1. The van der Waals surface area contributed by atoms with E-state index in [0.29, 0.717) is 17.0 Å². The van der Waals surface area contributed by atoms with Crippen LogP contribution < -0.4 is 0 Å². The lowest BCUT2D eigenvalue weighted by Crippen LogP contribution is -2.43. The first-order valence-electron chi connectivity index (χ1n) is 8.27. The highest BCUT2D eigenvalue weighted by Gasteiger charge is 2.42. The molecule has 1 amide bonds. The molecule has 0 spiro atoms. The van der Waals surface area contributed by atoms with Crippen molar-refractivity contribution >= 4 is 5.91 Å². The summed E-state index contributed by atoms with van der Waals surface area (Å²) in [7, 11) is 1.75. The average Bonchev–Trinajstić information content (AvgIpc) is 3.32. The predicted molar refractivity (Wildman–Crippen MR) is 88.7 cm³/mol. The van der Waals surface area contributed by atoms with Gasteiger partial charge in [-0.25, -0.2) is 4.39 Å². The van der Waals surface area contributed by atoms with Crippen LogP contribution in [0, 0.1) is 0 Å². The van der Waals surface area contributed by atoms with Gasteiger partial charge in [-0.3, -0.25) is 14.5 Å². The van der Waals surface area contributed by atoms with Crippen LogP contribution in [0.3, 0.4) is 0 Å². The molecule has 3 aromatic rings. The number of halogens is 1. The third-order valence-electron chi connectivity index (χ3n) is 4.54. The minimum Gasteiger partial charge on any atom is -0.338 e. The Kier molecular flexibility index (Phi) is 3.98.